The minimum atomic E-state index is 0. The van der Waals surface area contributed by atoms with Crippen molar-refractivity contribution >= 4 is 58.9 Å². The second kappa shape index (κ2) is 13.8. The van der Waals surface area contributed by atoms with Gasteiger partial charge in [-0.2, -0.15) is 0 Å². The molecule has 0 fully saturated rings. The Balaban J connectivity index is 0.000000332. The van der Waals surface area contributed by atoms with Gasteiger partial charge in [0.25, 0.3) is 0 Å². The minimum Gasteiger partial charge on any atom is -0.399 e. The van der Waals surface area contributed by atoms with Gasteiger partial charge in [0.15, 0.2) is 0 Å². The average molecular weight is 515 g/mol. The van der Waals surface area contributed by atoms with E-state index in [1.54, 1.807) is 0 Å². The van der Waals surface area contributed by atoms with E-state index in [2.05, 4.69) is 5.32 Å². The highest BCUT2D eigenvalue weighted by Crippen LogP contribution is 2.29. The molecule has 0 amide bonds. The highest BCUT2D eigenvalue weighted by atomic mass is 35.5. The van der Waals surface area contributed by atoms with E-state index in [-0.39, 0.29) is 24.8 Å². The van der Waals surface area contributed by atoms with Crippen LogP contribution in [-0.4, -0.2) is 0 Å². The van der Waals surface area contributed by atoms with Crippen molar-refractivity contribution < 1.29 is 0 Å². The lowest BCUT2D eigenvalue weighted by molar-refractivity contribution is 1.08. The van der Waals surface area contributed by atoms with Crippen molar-refractivity contribution in [1.82, 2.24) is 0 Å². The minimum absolute atomic E-state index is 0. The first-order chi connectivity index (χ1) is 15.9. The van der Waals surface area contributed by atoms with Crippen molar-refractivity contribution in [3.8, 4) is 11.1 Å². The summed E-state index contributed by atoms with van der Waals surface area (Å²) >= 11 is 0. The molecule has 13 N–H and O–H groups in total. The second-order valence-electron chi connectivity index (χ2n) is 7.64. The Hall–Kier alpha value is -3.78. The van der Waals surface area contributed by atoms with Crippen LogP contribution in [-0.2, 0) is 13.1 Å². The van der Waals surface area contributed by atoms with Gasteiger partial charge in [0, 0.05) is 52.8 Å². The Morgan fingerprint density at radius 3 is 1.74 bits per heavy atom. The van der Waals surface area contributed by atoms with Crippen molar-refractivity contribution in [2.75, 3.05) is 34.0 Å². The lowest BCUT2D eigenvalue weighted by Gasteiger charge is -2.11. The highest BCUT2D eigenvalue weighted by Gasteiger charge is 2.06. The van der Waals surface area contributed by atoms with Gasteiger partial charge in [-0.15, -0.1) is 24.8 Å². The molecule has 35 heavy (non-hydrogen) atoms. The molecule has 4 rings (SSSR count). The maximum atomic E-state index is 5.92. The number of para-hydroxylation sites is 1. The molecular formula is C26H33Cl2N7. The molecule has 0 bridgehead atoms. The van der Waals surface area contributed by atoms with Crippen LogP contribution < -0.4 is 39.7 Å². The van der Waals surface area contributed by atoms with Crippen molar-refractivity contribution in [1.29, 1.82) is 0 Å². The molecule has 0 aromatic heterocycles. The van der Waals surface area contributed by atoms with Crippen LogP contribution >= 0.6 is 24.8 Å². The van der Waals surface area contributed by atoms with Crippen LogP contribution in [0.3, 0.4) is 0 Å². The number of hydrogen-bond acceptors (Lipinski definition) is 7. The van der Waals surface area contributed by atoms with Crippen LogP contribution in [0.2, 0.25) is 0 Å². The second-order valence-corrected chi connectivity index (χ2v) is 7.64. The number of hydrogen-bond donors (Lipinski definition) is 7. The van der Waals surface area contributed by atoms with E-state index in [9.17, 15) is 0 Å². The van der Waals surface area contributed by atoms with Crippen LogP contribution in [0.5, 0.6) is 0 Å². The van der Waals surface area contributed by atoms with Crippen molar-refractivity contribution in [2.24, 2.45) is 5.73 Å². The molecule has 7 nitrogen and oxygen atoms in total. The normalized spacial score (nSPS) is 9.63. The largest absolute Gasteiger partial charge is 0.399 e. The molecule has 0 unspecified atom stereocenters. The van der Waals surface area contributed by atoms with E-state index in [0.717, 1.165) is 39.3 Å². The molecule has 186 valence electrons. The summed E-state index contributed by atoms with van der Waals surface area (Å²) in [6.45, 7) is 1.05. The molecule has 0 aliphatic carbocycles. The van der Waals surface area contributed by atoms with Crippen LogP contribution in [0.15, 0.2) is 84.9 Å². The summed E-state index contributed by atoms with van der Waals surface area (Å²) in [5, 5.41) is 3.28. The number of benzene rings is 4. The number of nitrogens with one attached hydrogen (secondary N) is 1. The van der Waals surface area contributed by atoms with Crippen LogP contribution in [0, 0.1) is 0 Å². The van der Waals surface area contributed by atoms with Gasteiger partial charge < -0.3 is 39.7 Å². The average Bonchev–Trinajstić information content (AvgIpc) is 2.79. The number of nitrogen functional groups attached to an aromatic ring is 5. The number of rotatable bonds is 5. The summed E-state index contributed by atoms with van der Waals surface area (Å²) < 4.78 is 0. The van der Waals surface area contributed by atoms with Gasteiger partial charge in [0.1, 0.15) is 0 Å². The summed E-state index contributed by atoms with van der Waals surface area (Å²) in [5.41, 5.74) is 43.0. The first-order valence-corrected chi connectivity index (χ1v) is 10.5. The van der Waals surface area contributed by atoms with Gasteiger partial charge >= 0.3 is 0 Å². The molecule has 0 spiro atoms. The molecule has 9 heteroatoms. The number of halogens is 2. The van der Waals surface area contributed by atoms with Gasteiger partial charge in [0.2, 0.25) is 0 Å². The maximum absolute atomic E-state index is 5.92. The zero-order valence-electron chi connectivity index (χ0n) is 19.3. The topological polar surface area (TPSA) is 168 Å². The standard InChI is InChI=1S/C13H16N4.C13H15N3.2ClH/c14-7-11-12(16)5-9(6-13(11)17)8-2-1-3-10(15)4-8;14-11-5-3-6-12(8-11)16-9-10-4-1-2-7-13(10)15;;/h1-6H,7,14-17H2;1-8,16H,9,14-15H2;2*1H. The quantitative estimate of drug-likeness (QED) is 0.187. The van der Waals surface area contributed by atoms with Gasteiger partial charge in [0.05, 0.1) is 0 Å². The molecular weight excluding hydrogens is 481 g/mol. The van der Waals surface area contributed by atoms with E-state index in [4.69, 9.17) is 34.4 Å². The fourth-order valence-electron chi connectivity index (χ4n) is 3.38. The molecule has 0 aliphatic heterocycles. The molecule has 0 saturated heterocycles. The third-order valence-electron chi connectivity index (χ3n) is 5.17. The Bertz CT molecular complexity index is 1210. The molecule has 0 radical (unpaired) electrons. The zero-order chi connectivity index (χ0) is 23.8. The number of anilines is 6. The fourth-order valence-corrected chi connectivity index (χ4v) is 3.38. The Kier molecular flexibility index (Phi) is 11.5. The summed E-state index contributed by atoms with van der Waals surface area (Å²) in [6.07, 6.45) is 0. The van der Waals surface area contributed by atoms with Gasteiger partial charge in [-0.25, -0.2) is 0 Å². The van der Waals surface area contributed by atoms with E-state index >= 15 is 0 Å². The monoisotopic (exact) mass is 513 g/mol. The van der Waals surface area contributed by atoms with Crippen LogP contribution in [0.1, 0.15) is 11.1 Å². The first-order valence-electron chi connectivity index (χ1n) is 10.5. The third kappa shape index (κ3) is 8.19. The van der Waals surface area contributed by atoms with Gasteiger partial charge in [-0.05, 0) is 65.2 Å². The summed E-state index contributed by atoms with van der Waals surface area (Å²) in [7, 11) is 0. The maximum Gasteiger partial charge on any atom is 0.0421 e. The lowest BCUT2D eigenvalue weighted by atomic mass is 10.0. The van der Waals surface area contributed by atoms with Crippen LogP contribution in [0.25, 0.3) is 11.1 Å². The molecule has 4 aromatic carbocycles. The summed E-state index contributed by atoms with van der Waals surface area (Å²) in [5.74, 6) is 0. The van der Waals surface area contributed by atoms with Crippen molar-refractivity contribution in [3.63, 3.8) is 0 Å². The van der Waals surface area contributed by atoms with Gasteiger partial charge in [-0.1, -0.05) is 36.4 Å². The summed E-state index contributed by atoms with van der Waals surface area (Å²) in [4.78, 5) is 0. The van der Waals surface area contributed by atoms with E-state index in [1.165, 1.54) is 0 Å². The molecule has 0 heterocycles. The van der Waals surface area contributed by atoms with E-state index < -0.39 is 0 Å². The fraction of sp³-hybridized carbons (Fsp3) is 0.0769. The van der Waals surface area contributed by atoms with Gasteiger partial charge in [-0.3, -0.25) is 0 Å². The van der Waals surface area contributed by atoms with E-state index in [1.807, 2.05) is 84.9 Å². The highest BCUT2D eigenvalue weighted by molar-refractivity contribution is 5.85. The molecule has 0 saturated carbocycles. The molecule has 0 atom stereocenters. The molecule has 0 aliphatic rings. The predicted molar refractivity (Wildman–Crippen MR) is 157 cm³/mol. The summed E-state index contributed by atoms with van der Waals surface area (Å²) in [6, 6.07) is 26.8. The Labute approximate surface area is 218 Å². The Morgan fingerprint density at radius 1 is 0.571 bits per heavy atom. The SMILES string of the molecule is Cl.Cl.NCc1c(N)cc(-c2cccc(N)c2)cc1N.Nc1cccc(NCc2ccccc2N)c1. The Morgan fingerprint density at radius 2 is 1.17 bits per heavy atom. The van der Waals surface area contributed by atoms with Crippen LogP contribution in [0.4, 0.5) is 34.1 Å². The third-order valence-corrected chi connectivity index (χ3v) is 5.17. The van der Waals surface area contributed by atoms with E-state index in [0.29, 0.717) is 30.2 Å². The van der Waals surface area contributed by atoms with Crippen molar-refractivity contribution in [2.45, 2.75) is 13.1 Å². The number of nitrogens with two attached hydrogens (primary N) is 6. The van der Waals surface area contributed by atoms with Crippen molar-refractivity contribution in [3.05, 3.63) is 96.1 Å². The lowest BCUT2D eigenvalue weighted by Crippen LogP contribution is -2.06. The predicted octanol–water partition coefficient (Wildman–Crippen LogP) is 4.87. The smallest absolute Gasteiger partial charge is 0.0421 e. The first kappa shape index (κ1) is 29.3. The molecule has 4 aromatic rings. The zero-order valence-corrected chi connectivity index (χ0v) is 20.9.